The van der Waals surface area contributed by atoms with Crippen molar-refractivity contribution in [3.63, 3.8) is 0 Å². The first-order chi connectivity index (χ1) is 11.7. The summed E-state index contributed by atoms with van der Waals surface area (Å²) < 4.78 is 0. The smallest absolute Gasteiger partial charge is 0.253 e. The number of carbonyl (C=O) groups is 2. The highest BCUT2D eigenvalue weighted by atomic mass is 32.1. The fraction of sp³-hybridized carbons (Fsp3) is 0.368. The lowest BCUT2D eigenvalue weighted by Crippen LogP contribution is -2.35. The summed E-state index contributed by atoms with van der Waals surface area (Å²) in [6.45, 7) is 2.21. The first kappa shape index (κ1) is 16.7. The predicted octanol–water partition coefficient (Wildman–Crippen LogP) is 3.23. The van der Waals surface area contributed by atoms with Gasteiger partial charge in [-0.25, -0.2) is 0 Å². The molecular formula is C19H22N2O2S. The molecule has 2 aromatic rings. The quantitative estimate of drug-likeness (QED) is 0.907. The largest absolute Gasteiger partial charge is 0.352 e. The molecule has 1 saturated heterocycles. The van der Waals surface area contributed by atoms with Gasteiger partial charge in [-0.05, 0) is 59.3 Å². The lowest BCUT2D eigenvalue weighted by atomic mass is 10.1. The van der Waals surface area contributed by atoms with E-state index in [2.05, 4.69) is 5.32 Å². The number of carbonyl (C=O) groups excluding carboxylic acids is 2. The third-order valence-electron chi connectivity index (χ3n) is 4.28. The van der Waals surface area contributed by atoms with Crippen LogP contribution in [-0.4, -0.2) is 29.8 Å². The Morgan fingerprint density at radius 1 is 1.00 bits per heavy atom. The topological polar surface area (TPSA) is 49.4 Å². The molecule has 1 aromatic carbocycles. The summed E-state index contributed by atoms with van der Waals surface area (Å²) in [6, 6.07) is 9.52. The molecule has 1 aliphatic heterocycles. The van der Waals surface area contributed by atoms with Crippen LogP contribution < -0.4 is 5.32 Å². The van der Waals surface area contributed by atoms with Crippen LogP contribution in [0.25, 0.3) is 0 Å². The number of benzene rings is 1. The van der Waals surface area contributed by atoms with Crippen LogP contribution >= 0.6 is 11.3 Å². The van der Waals surface area contributed by atoms with Crippen molar-refractivity contribution in [1.82, 2.24) is 10.2 Å². The van der Waals surface area contributed by atoms with Gasteiger partial charge in [0.25, 0.3) is 5.91 Å². The van der Waals surface area contributed by atoms with E-state index in [0.717, 1.165) is 42.6 Å². The Labute approximate surface area is 146 Å². The maximum absolute atomic E-state index is 12.4. The summed E-state index contributed by atoms with van der Waals surface area (Å²) in [5.41, 5.74) is 2.77. The number of hydrogen-bond acceptors (Lipinski definition) is 3. The molecule has 0 atom stereocenters. The molecule has 2 heterocycles. The Morgan fingerprint density at radius 3 is 2.42 bits per heavy atom. The lowest BCUT2D eigenvalue weighted by molar-refractivity contribution is -0.120. The summed E-state index contributed by atoms with van der Waals surface area (Å²) in [5.74, 6) is 0.129. The van der Waals surface area contributed by atoms with Crippen molar-refractivity contribution in [2.45, 2.75) is 32.2 Å². The molecule has 0 bridgehead atoms. The second kappa shape index (κ2) is 8.11. The van der Waals surface area contributed by atoms with Gasteiger partial charge < -0.3 is 10.2 Å². The number of likely N-dealkylation sites (tertiary alicyclic amines) is 1. The van der Waals surface area contributed by atoms with Gasteiger partial charge in [0.2, 0.25) is 5.91 Å². The summed E-state index contributed by atoms with van der Waals surface area (Å²) in [5, 5.41) is 6.88. The summed E-state index contributed by atoms with van der Waals surface area (Å²) >= 11 is 1.60. The number of amides is 2. The zero-order valence-electron chi connectivity index (χ0n) is 13.7. The molecular weight excluding hydrogens is 320 g/mol. The minimum absolute atomic E-state index is 0.0156. The van der Waals surface area contributed by atoms with Gasteiger partial charge in [0.05, 0.1) is 6.42 Å². The highest BCUT2D eigenvalue weighted by Crippen LogP contribution is 2.14. The Bertz CT molecular complexity index is 674. The summed E-state index contributed by atoms with van der Waals surface area (Å²) in [7, 11) is 0. The van der Waals surface area contributed by atoms with Gasteiger partial charge in [-0.2, -0.15) is 11.3 Å². The molecule has 0 aliphatic carbocycles. The number of nitrogens with zero attached hydrogens (tertiary/aromatic N) is 1. The molecule has 24 heavy (non-hydrogen) atoms. The molecule has 126 valence electrons. The van der Waals surface area contributed by atoms with Crippen LogP contribution in [-0.2, 0) is 17.8 Å². The zero-order valence-corrected chi connectivity index (χ0v) is 14.5. The second-order valence-corrected chi connectivity index (χ2v) is 6.91. The van der Waals surface area contributed by atoms with E-state index in [1.165, 1.54) is 6.42 Å². The van der Waals surface area contributed by atoms with E-state index in [0.29, 0.717) is 13.0 Å². The van der Waals surface area contributed by atoms with Crippen LogP contribution in [0.2, 0.25) is 0 Å². The first-order valence-corrected chi connectivity index (χ1v) is 9.32. The lowest BCUT2D eigenvalue weighted by Gasteiger charge is -2.26. The van der Waals surface area contributed by atoms with E-state index in [9.17, 15) is 9.59 Å². The molecule has 1 fully saturated rings. The van der Waals surface area contributed by atoms with E-state index in [-0.39, 0.29) is 11.8 Å². The minimum Gasteiger partial charge on any atom is -0.352 e. The van der Waals surface area contributed by atoms with Crippen molar-refractivity contribution in [3.8, 4) is 0 Å². The SMILES string of the molecule is O=C(Cc1ccsc1)NCc1ccc(C(=O)N2CCCCC2)cc1. The molecule has 0 spiro atoms. The fourth-order valence-corrected chi connectivity index (χ4v) is 3.56. The number of nitrogens with one attached hydrogen (secondary N) is 1. The van der Waals surface area contributed by atoms with Crippen LogP contribution in [0.4, 0.5) is 0 Å². The molecule has 1 N–H and O–H groups in total. The van der Waals surface area contributed by atoms with Crippen molar-refractivity contribution in [1.29, 1.82) is 0 Å². The number of rotatable bonds is 5. The van der Waals surface area contributed by atoms with Crippen LogP contribution in [0.1, 0.15) is 40.7 Å². The van der Waals surface area contributed by atoms with Crippen LogP contribution in [0.5, 0.6) is 0 Å². The van der Waals surface area contributed by atoms with Gasteiger partial charge >= 0.3 is 0 Å². The van der Waals surface area contributed by atoms with Crippen molar-refractivity contribution >= 4 is 23.2 Å². The number of piperidine rings is 1. The van der Waals surface area contributed by atoms with Crippen molar-refractivity contribution < 1.29 is 9.59 Å². The monoisotopic (exact) mass is 342 g/mol. The third-order valence-corrected chi connectivity index (χ3v) is 5.01. The van der Waals surface area contributed by atoms with Gasteiger partial charge in [0.1, 0.15) is 0 Å². The maximum atomic E-state index is 12.4. The number of hydrogen-bond donors (Lipinski definition) is 1. The normalized spacial score (nSPS) is 14.4. The Morgan fingerprint density at radius 2 is 1.75 bits per heavy atom. The molecule has 1 aliphatic rings. The highest BCUT2D eigenvalue weighted by molar-refractivity contribution is 7.08. The molecule has 3 rings (SSSR count). The summed E-state index contributed by atoms with van der Waals surface area (Å²) in [6.07, 6.45) is 3.82. The fourth-order valence-electron chi connectivity index (χ4n) is 2.89. The molecule has 5 heteroatoms. The van der Waals surface area contributed by atoms with Gasteiger partial charge in [-0.15, -0.1) is 0 Å². The van der Waals surface area contributed by atoms with Gasteiger partial charge in [0.15, 0.2) is 0 Å². The van der Waals surface area contributed by atoms with Gasteiger partial charge in [-0.1, -0.05) is 12.1 Å². The van der Waals surface area contributed by atoms with Gasteiger partial charge in [-0.3, -0.25) is 9.59 Å². The number of thiophene rings is 1. The molecule has 0 radical (unpaired) electrons. The second-order valence-electron chi connectivity index (χ2n) is 6.13. The van der Waals surface area contributed by atoms with Crippen LogP contribution in [0, 0.1) is 0 Å². The van der Waals surface area contributed by atoms with E-state index in [4.69, 9.17) is 0 Å². The Hall–Kier alpha value is -2.14. The Kier molecular flexibility index (Phi) is 5.64. The van der Waals surface area contributed by atoms with E-state index in [1.54, 1.807) is 11.3 Å². The maximum Gasteiger partial charge on any atom is 0.253 e. The molecule has 4 nitrogen and oxygen atoms in total. The summed E-state index contributed by atoms with van der Waals surface area (Å²) in [4.78, 5) is 26.2. The predicted molar refractivity (Wildman–Crippen MR) is 96.1 cm³/mol. The minimum atomic E-state index is 0.0156. The average molecular weight is 342 g/mol. The van der Waals surface area contributed by atoms with E-state index >= 15 is 0 Å². The molecule has 0 unspecified atom stereocenters. The Balaban J connectivity index is 1.50. The standard InChI is InChI=1S/C19H22N2O2S/c22-18(12-16-8-11-24-14-16)20-13-15-4-6-17(7-5-15)19(23)21-9-2-1-3-10-21/h4-8,11,14H,1-3,9-10,12-13H2,(H,20,22). The molecule has 0 saturated carbocycles. The zero-order chi connectivity index (χ0) is 16.8. The highest BCUT2D eigenvalue weighted by Gasteiger charge is 2.17. The van der Waals surface area contributed by atoms with Gasteiger partial charge in [0, 0.05) is 25.2 Å². The van der Waals surface area contributed by atoms with Crippen molar-refractivity contribution in [2.75, 3.05) is 13.1 Å². The van der Waals surface area contributed by atoms with Crippen molar-refractivity contribution in [3.05, 3.63) is 57.8 Å². The van der Waals surface area contributed by atoms with Crippen LogP contribution in [0.3, 0.4) is 0 Å². The third kappa shape index (κ3) is 4.45. The van der Waals surface area contributed by atoms with E-state index in [1.807, 2.05) is 46.0 Å². The molecule has 1 aromatic heterocycles. The van der Waals surface area contributed by atoms with Crippen molar-refractivity contribution in [2.24, 2.45) is 0 Å². The van der Waals surface area contributed by atoms with E-state index < -0.39 is 0 Å². The molecule has 2 amide bonds. The average Bonchev–Trinajstić information content (AvgIpc) is 3.13. The van der Waals surface area contributed by atoms with Crippen LogP contribution in [0.15, 0.2) is 41.1 Å². The first-order valence-electron chi connectivity index (χ1n) is 8.38.